The highest BCUT2D eigenvalue weighted by Crippen LogP contribution is 2.09. The molecule has 138 valence electrons. The normalized spacial score (nSPS) is 15.8. The lowest BCUT2D eigenvalue weighted by atomic mass is 10.2. The standard InChI is InChI=1S/C19H23N3O3S/c23-19(17-7-3-1-4-8-17)22-15-13-21(14-16-22)12-11-20-26(24,25)18-9-5-2-6-10-18/h1-10,20H,11-16H2. The van der Waals surface area contributed by atoms with Crippen molar-refractivity contribution in [2.75, 3.05) is 39.3 Å². The van der Waals surface area contributed by atoms with E-state index in [1.165, 1.54) is 0 Å². The zero-order chi connectivity index (χ0) is 18.4. The third kappa shape index (κ3) is 4.69. The van der Waals surface area contributed by atoms with Gasteiger partial charge in [0.05, 0.1) is 4.90 Å². The first kappa shape index (κ1) is 18.6. The quantitative estimate of drug-likeness (QED) is 0.832. The van der Waals surface area contributed by atoms with Gasteiger partial charge in [-0.1, -0.05) is 36.4 Å². The van der Waals surface area contributed by atoms with Crippen LogP contribution >= 0.6 is 0 Å². The second-order valence-corrected chi connectivity index (χ2v) is 7.98. The Labute approximate surface area is 154 Å². The molecule has 0 bridgehead atoms. The SMILES string of the molecule is O=C(c1ccccc1)N1CCN(CCNS(=O)(=O)c2ccccc2)CC1. The van der Waals surface area contributed by atoms with Gasteiger partial charge in [-0.15, -0.1) is 0 Å². The molecule has 0 aromatic heterocycles. The number of hydrogen-bond acceptors (Lipinski definition) is 4. The summed E-state index contributed by atoms with van der Waals surface area (Å²) in [4.78, 5) is 16.7. The highest BCUT2D eigenvalue weighted by molar-refractivity contribution is 7.89. The molecule has 1 aliphatic heterocycles. The number of carbonyl (C=O) groups excluding carboxylic acids is 1. The van der Waals surface area contributed by atoms with E-state index >= 15 is 0 Å². The lowest BCUT2D eigenvalue weighted by Gasteiger charge is -2.34. The van der Waals surface area contributed by atoms with Crippen molar-refractivity contribution in [2.24, 2.45) is 0 Å². The number of piperazine rings is 1. The lowest BCUT2D eigenvalue weighted by Crippen LogP contribution is -2.50. The van der Waals surface area contributed by atoms with Crippen LogP contribution in [0.25, 0.3) is 0 Å². The molecule has 0 unspecified atom stereocenters. The van der Waals surface area contributed by atoms with Crippen LogP contribution in [0.1, 0.15) is 10.4 Å². The molecule has 0 atom stereocenters. The van der Waals surface area contributed by atoms with Crippen LogP contribution in [0.4, 0.5) is 0 Å². The van der Waals surface area contributed by atoms with Crippen molar-refractivity contribution in [3.63, 3.8) is 0 Å². The summed E-state index contributed by atoms with van der Waals surface area (Å²) in [6.45, 7) is 3.76. The monoisotopic (exact) mass is 373 g/mol. The Bertz CT molecular complexity index is 818. The molecule has 3 rings (SSSR count). The fourth-order valence-corrected chi connectivity index (χ4v) is 4.00. The van der Waals surface area contributed by atoms with Crippen LogP contribution in [0.15, 0.2) is 65.6 Å². The highest BCUT2D eigenvalue weighted by atomic mass is 32.2. The summed E-state index contributed by atoms with van der Waals surface area (Å²) in [5, 5.41) is 0. The van der Waals surface area contributed by atoms with Gasteiger partial charge in [0.15, 0.2) is 0 Å². The maximum absolute atomic E-state index is 12.4. The highest BCUT2D eigenvalue weighted by Gasteiger charge is 2.22. The molecule has 0 aliphatic carbocycles. The number of nitrogens with zero attached hydrogens (tertiary/aromatic N) is 2. The minimum Gasteiger partial charge on any atom is -0.336 e. The van der Waals surface area contributed by atoms with Gasteiger partial charge in [0.1, 0.15) is 0 Å². The van der Waals surface area contributed by atoms with Crippen LogP contribution in [-0.4, -0.2) is 63.4 Å². The van der Waals surface area contributed by atoms with Gasteiger partial charge >= 0.3 is 0 Å². The zero-order valence-electron chi connectivity index (χ0n) is 14.5. The largest absolute Gasteiger partial charge is 0.336 e. The van der Waals surface area contributed by atoms with Crippen LogP contribution in [0.3, 0.4) is 0 Å². The zero-order valence-corrected chi connectivity index (χ0v) is 15.4. The van der Waals surface area contributed by atoms with E-state index in [1.54, 1.807) is 30.3 Å². The topological polar surface area (TPSA) is 69.7 Å². The van der Waals surface area contributed by atoms with Crippen LogP contribution in [0.5, 0.6) is 0 Å². The van der Waals surface area contributed by atoms with Crippen molar-refractivity contribution >= 4 is 15.9 Å². The average molecular weight is 373 g/mol. The van der Waals surface area contributed by atoms with E-state index in [0.29, 0.717) is 31.7 Å². The molecule has 0 saturated carbocycles. The molecule has 1 fully saturated rings. The first-order chi connectivity index (χ1) is 12.6. The van der Waals surface area contributed by atoms with E-state index in [0.717, 1.165) is 13.1 Å². The second-order valence-electron chi connectivity index (χ2n) is 6.21. The first-order valence-corrected chi connectivity index (χ1v) is 10.2. The van der Waals surface area contributed by atoms with E-state index in [-0.39, 0.29) is 10.8 Å². The van der Waals surface area contributed by atoms with E-state index in [2.05, 4.69) is 9.62 Å². The van der Waals surface area contributed by atoms with Gasteiger partial charge in [-0.2, -0.15) is 0 Å². The minimum absolute atomic E-state index is 0.0510. The van der Waals surface area contributed by atoms with Crippen molar-refractivity contribution in [3.05, 3.63) is 66.2 Å². The minimum atomic E-state index is -3.46. The summed E-state index contributed by atoms with van der Waals surface area (Å²) in [7, 11) is -3.46. The number of nitrogens with one attached hydrogen (secondary N) is 1. The molecule has 2 aromatic carbocycles. The third-order valence-corrected chi connectivity index (χ3v) is 5.93. The van der Waals surface area contributed by atoms with Gasteiger partial charge in [0.25, 0.3) is 5.91 Å². The predicted molar refractivity (Wildman–Crippen MR) is 100 cm³/mol. The van der Waals surface area contributed by atoms with Crippen molar-refractivity contribution in [3.8, 4) is 0 Å². The van der Waals surface area contributed by atoms with Crippen LogP contribution in [0.2, 0.25) is 0 Å². The van der Waals surface area contributed by atoms with Gasteiger partial charge in [0, 0.05) is 44.8 Å². The molecule has 2 aromatic rings. The van der Waals surface area contributed by atoms with Crippen LogP contribution in [0, 0.1) is 0 Å². The Morgan fingerprint density at radius 3 is 2.08 bits per heavy atom. The molecule has 1 heterocycles. The number of hydrogen-bond donors (Lipinski definition) is 1. The molecular weight excluding hydrogens is 350 g/mol. The molecular formula is C19H23N3O3S. The van der Waals surface area contributed by atoms with Gasteiger partial charge in [0.2, 0.25) is 10.0 Å². The summed E-state index contributed by atoms with van der Waals surface area (Å²) in [5.74, 6) is 0.0510. The molecule has 0 spiro atoms. The average Bonchev–Trinajstić information content (AvgIpc) is 2.69. The molecule has 1 amide bonds. The fourth-order valence-electron chi connectivity index (χ4n) is 2.96. The second kappa shape index (κ2) is 8.44. The Hall–Kier alpha value is -2.22. The van der Waals surface area contributed by atoms with Gasteiger partial charge < -0.3 is 4.90 Å². The maximum atomic E-state index is 12.4. The van der Waals surface area contributed by atoms with E-state index in [1.807, 2.05) is 35.2 Å². The Balaban J connectivity index is 1.44. The third-order valence-electron chi connectivity index (χ3n) is 4.45. The van der Waals surface area contributed by atoms with Crippen molar-refractivity contribution in [1.82, 2.24) is 14.5 Å². The molecule has 6 nitrogen and oxygen atoms in total. The van der Waals surface area contributed by atoms with E-state index in [9.17, 15) is 13.2 Å². The number of carbonyl (C=O) groups is 1. The van der Waals surface area contributed by atoms with Gasteiger partial charge in [-0.25, -0.2) is 13.1 Å². The predicted octanol–water partition coefficient (Wildman–Crippen LogP) is 1.42. The van der Waals surface area contributed by atoms with Crippen LogP contribution < -0.4 is 4.72 Å². The van der Waals surface area contributed by atoms with Gasteiger partial charge in [-0.3, -0.25) is 9.69 Å². The summed E-state index contributed by atoms with van der Waals surface area (Å²) in [6.07, 6.45) is 0. The molecule has 0 radical (unpaired) electrons. The number of benzene rings is 2. The molecule has 1 N–H and O–H groups in total. The van der Waals surface area contributed by atoms with Crippen LogP contribution in [-0.2, 0) is 10.0 Å². The van der Waals surface area contributed by atoms with Crippen molar-refractivity contribution in [1.29, 1.82) is 0 Å². The molecule has 1 saturated heterocycles. The summed E-state index contributed by atoms with van der Waals surface area (Å²) in [5.41, 5.74) is 0.705. The Kier molecular flexibility index (Phi) is 6.03. The van der Waals surface area contributed by atoms with Gasteiger partial charge in [-0.05, 0) is 24.3 Å². The number of amides is 1. The van der Waals surface area contributed by atoms with Crippen molar-refractivity contribution in [2.45, 2.75) is 4.90 Å². The lowest BCUT2D eigenvalue weighted by molar-refractivity contribution is 0.0640. The molecule has 1 aliphatic rings. The Morgan fingerprint density at radius 2 is 1.46 bits per heavy atom. The van der Waals surface area contributed by atoms with E-state index < -0.39 is 10.0 Å². The molecule has 7 heteroatoms. The summed E-state index contributed by atoms with van der Waals surface area (Å²) >= 11 is 0. The smallest absolute Gasteiger partial charge is 0.253 e. The number of rotatable bonds is 6. The van der Waals surface area contributed by atoms with E-state index in [4.69, 9.17) is 0 Å². The maximum Gasteiger partial charge on any atom is 0.253 e. The number of sulfonamides is 1. The molecule has 26 heavy (non-hydrogen) atoms. The first-order valence-electron chi connectivity index (χ1n) is 8.68. The fraction of sp³-hybridized carbons (Fsp3) is 0.316. The summed E-state index contributed by atoms with van der Waals surface area (Å²) < 4.78 is 27.0. The Morgan fingerprint density at radius 1 is 0.885 bits per heavy atom. The summed E-state index contributed by atoms with van der Waals surface area (Å²) in [6, 6.07) is 17.6. The van der Waals surface area contributed by atoms with Crippen molar-refractivity contribution < 1.29 is 13.2 Å².